The van der Waals surface area contributed by atoms with Gasteiger partial charge in [-0.25, -0.2) is 0 Å². The second-order valence-corrected chi connectivity index (χ2v) is 9.59. The van der Waals surface area contributed by atoms with E-state index in [9.17, 15) is 9.59 Å². The number of carbonyl (C=O) groups excluding carboxylic acids is 2. The molecule has 0 saturated carbocycles. The Morgan fingerprint density at radius 3 is 2.67 bits per heavy atom. The topological polar surface area (TPSA) is 80.1 Å². The third-order valence-electron chi connectivity index (χ3n) is 5.54. The summed E-state index contributed by atoms with van der Waals surface area (Å²) in [4.78, 5) is 27.4. The lowest BCUT2D eigenvalue weighted by molar-refractivity contribution is -0.113. The average molecular weight is 504 g/mol. The van der Waals surface area contributed by atoms with Crippen LogP contribution < -0.4 is 5.32 Å². The van der Waals surface area contributed by atoms with Crippen molar-refractivity contribution in [2.45, 2.75) is 31.0 Å². The summed E-state index contributed by atoms with van der Waals surface area (Å²) in [7, 11) is 1.86. The van der Waals surface area contributed by atoms with Crippen LogP contribution in [0.4, 0.5) is 5.69 Å². The van der Waals surface area contributed by atoms with Crippen LogP contribution in [0.15, 0.2) is 47.6 Å². The number of hydrogen-bond acceptors (Lipinski definition) is 5. The van der Waals surface area contributed by atoms with Crippen LogP contribution in [0.3, 0.4) is 0 Å². The van der Waals surface area contributed by atoms with E-state index < -0.39 is 0 Å². The van der Waals surface area contributed by atoms with Crippen molar-refractivity contribution < 1.29 is 9.59 Å². The number of rotatable bonds is 6. The molecule has 0 spiro atoms. The quantitative estimate of drug-likeness (QED) is 0.471. The molecule has 2 heterocycles. The summed E-state index contributed by atoms with van der Waals surface area (Å²) in [5.41, 5.74) is 2.24. The fourth-order valence-corrected chi connectivity index (χ4v) is 4.86. The zero-order valence-electron chi connectivity index (χ0n) is 18.2. The third kappa shape index (κ3) is 5.18. The van der Waals surface area contributed by atoms with Gasteiger partial charge in [0.05, 0.1) is 27.5 Å². The average Bonchev–Trinajstić information content (AvgIpc) is 3.42. The number of aromatic nitrogens is 3. The number of hydrogen-bond donors (Lipinski definition) is 1. The van der Waals surface area contributed by atoms with E-state index in [1.54, 1.807) is 18.2 Å². The molecule has 33 heavy (non-hydrogen) atoms. The maximum atomic E-state index is 13.1. The number of amides is 2. The van der Waals surface area contributed by atoms with Gasteiger partial charge >= 0.3 is 0 Å². The molecule has 0 radical (unpaired) electrons. The van der Waals surface area contributed by atoms with E-state index in [0.717, 1.165) is 18.4 Å². The largest absolute Gasteiger partial charge is 0.328 e. The zero-order valence-corrected chi connectivity index (χ0v) is 20.5. The van der Waals surface area contributed by atoms with Crippen molar-refractivity contribution in [1.29, 1.82) is 0 Å². The zero-order chi connectivity index (χ0) is 23.5. The predicted molar refractivity (Wildman–Crippen MR) is 131 cm³/mol. The van der Waals surface area contributed by atoms with Crippen molar-refractivity contribution in [3.63, 3.8) is 0 Å². The highest BCUT2D eigenvalue weighted by molar-refractivity contribution is 7.99. The molecule has 0 aliphatic carbocycles. The molecule has 1 N–H and O–H groups in total. The molecule has 172 valence electrons. The number of halogens is 2. The maximum Gasteiger partial charge on any atom is 0.254 e. The van der Waals surface area contributed by atoms with Crippen LogP contribution in [0.25, 0.3) is 0 Å². The molecule has 1 aliphatic rings. The van der Waals surface area contributed by atoms with Gasteiger partial charge in [-0.05, 0) is 44.0 Å². The molecule has 4 rings (SSSR count). The molecule has 1 aliphatic heterocycles. The van der Waals surface area contributed by atoms with Gasteiger partial charge in [-0.15, -0.1) is 10.2 Å². The Hall–Kier alpha value is -2.55. The number of likely N-dealkylation sites (tertiary alicyclic amines) is 1. The van der Waals surface area contributed by atoms with Crippen molar-refractivity contribution in [3.8, 4) is 0 Å². The third-order valence-corrected chi connectivity index (χ3v) is 7.38. The minimum atomic E-state index is -0.231. The summed E-state index contributed by atoms with van der Waals surface area (Å²) in [5.74, 6) is 0.609. The fourth-order valence-electron chi connectivity index (χ4n) is 3.80. The molecule has 1 atom stereocenters. The minimum Gasteiger partial charge on any atom is -0.328 e. The highest BCUT2D eigenvalue weighted by Gasteiger charge is 2.34. The first-order valence-electron chi connectivity index (χ1n) is 10.5. The monoisotopic (exact) mass is 503 g/mol. The van der Waals surface area contributed by atoms with Crippen LogP contribution in [-0.2, 0) is 11.8 Å². The fraction of sp³-hybridized carbons (Fsp3) is 0.304. The number of aryl methyl sites for hydroxylation is 1. The molecule has 7 nitrogen and oxygen atoms in total. The molecule has 3 aromatic rings. The van der Waals surface area contributed by atoms with Crippen molar-refractivity contribution >= 4 is 52.5 Å². The Kier molecular flexibility index (Phi) is 7.26. The summed E-state index contributed by atoms with van der Waals surface area (Å²) in [6.07, 6.45) is 1.72. The number of nitrogens with zero attached hydrogens (tertiary/aromatic N) is 4. The van der Waals surface area contributed by atoms with Crippen LogP contribution in [-0.4, -0.2) is 43.8 Å². The molecular weight excluding hydrogens is 481 g/mol. The predicted octanol–water partition coefficient (Wildman–Crippen LogP) is 5.14. The molecule has 2 amide bonds. The summed E-state index contributed by atoms with van der Waals surface area (Å²) in [6, 6.07) is 12.5. The van der Waals surface area contributed by atoms with Gasteiger partial charge in [-0.1, -0.05) is 58.7 Å². The number of benzene rings is 2. The first-order valence-corrected chi connectivity index (χ1v) is 12.2. The van der Waals surface area contributed by atoms with Gasteiger partial charge in [0.2, 0.25) is 5.91 Å². The Morgan fingerprint density at radius 2 is 1.91 bits per heavy atom. The van der Waals surface area contributed by atoms with E-state index in [4.69, 9.17) is 23.2 Å². The van der Waals surface area contributed by atoms with Gasteiger partial charge in [-0.3, -0.25) is 9.59 Å². The number of anilines is 1. The van der Waals surface area contributed by atoms with Crippen LogP contribution in [0.5, 0.6) is 0 Å². The van der Waals surface area contributed by atoms with Gasteiger partial charge in [0.25, 0.3) is 5.91 Å². The highest BCUT2D eigenvalue weighted by atomic mass is 35.5. The number of carbonyl (C=O) groups is 2. The van der Waals surface area contributed by atoms with E-state index in [1.807, 2.05) is 47.7 Å². The smallest absolute Gasteiger partial charge is 0.254 e. The molecular formula is C23H23Cl2N5O2S. The van der Waals surface area contributed by atoms with Crippen LogP contribution in [0.1, 0.15) is 40.6 Å². The summed E-state index contributed by atoms with van der Waals surface area (Å²) >= 11 is 13.4. The molecule has 2 aromatic carbocycles. The summed E-state index contributed by atoms with van der Waals surface area (Å²) < 4.78 is 1.86. The van der Waals surface area contributed by atoms with Crippen LogP contribution in [0.2, 0.25) is 10.0 Å². The highest BCUT2D eigenvalue weighted by Crippen LogP contribution is 2.34. The van der Waals surface area contributed by atoms with Gasteiger partial charge in [0, 0.05) is 19.2 Å². The van der Waals surface area contributed by atoms with Crippen molar-refractivity contribution in [3.05, 3.63) is 69.5 Å². The normalized spacial score (nSPS) is 15.6. The van der Waals surface area contributed by atoms with E-state index in [0.29, 0.717) is 38.8 Å². The first-order chi connectivity index (χ1) is 15.8. The summed E-state index contributed by atoms with van der Waals surface area (Å²) in [6.45, 7) is 2.67. The van der Waals surface area contributed by atoms with Crippen molar-refractivity contribution in [2.24, 2.45) is 7.05 Å². The molecule has 1 fully saturated rings. The molecule has 10 heteroatoms. The Morgan fingerprint density at radius 1 is 1.15 bits per heavy atom. The number of nitrogens with one attached hydrogen (secondary N) is 1. The van der Waals surface area contributed by atoms with Crippen LogP contribution >= 0.6 is 35.0 Å². The Labute approximate surface area is 206 Å². The van der Waals surface area contributed by atoms with Gasteiger partial charge in [0.1, 0.15) is 0 Å². The Bertz CT molecular complexity index is 1180. The lowest BCUT2D eigenvalue weighted by Crippen LogP contribution is -2.31. The van der Waals surface area contributed by atoms with Crippen molar-refractivity contribution in [2.75, 3.05) is 17.6 Å². The van der Waals surface area contributed by atoms with Gasteiger partial charge in [0.15, 0.2) is 11.0 Å². The first kappa shape index (κ1) is 23.6. The lowest BCUT2D eigenvalue weighted by atomic mass is 10.1. The van der Waals surface area contributed by atoms with Gasteiger partial charge in [-0.2, -0.15) is 0 Å². The second kappa shape index (κ2) is 10.2. The second-order valence-electron chi connectivity index (χ2n) is 7.86. The van der Waals surface area contributed by atoms with E-state index in [-0.39, 0.29) is 23.6 Å². The lowest BCUT2D eigenvalue weighted by Gasteiger charge is -2.24. The van der Waals surface area contributed by atoms with Crippen molar-refractivity contribution in [1.82, 2.24) is 19.7 Å². The Balaban J connectivity index is 1.42. The molecule has 1 unspecified atom stereocenters. The van der Waals surface area contributed by atoms with Crippen LogP contribution in [0, 0.1) is 6.92 Å². The van der Waals surface area contributed by atoms with E-state index in [2.05, 4.69) is 15.5 Å². The van der Waals surface area contributed by atoms with E-state index >= 15 is 0 Å². The molecule has 1 saturated heterocycles. The van der Waals surface area contributed by atoms with E-state index in [1.165, 1.54) is 11.8 Å². The number of thioether (sulfide) groups is 1. The minimum absolute atomic E-state index is 0.00696. The van der Waals surface area contributed by atoms with Gasteiger partial charge < -0.3 is 14.8 Å². The standard InChI is InChI=1S/C23H23Cl2N5O2S/c1-14-8-10-15(11-9-14)22(32)30-12-4-7-18(30)21-27-28-23(29(21)2)33-13-19(31)26-17-6-3-5-16(24)20(17)25/h3,5-6,8-11,18H,4,7,12-13H2,1-2H3,(H,26,31). The maximum absolute atomic E-state index is 13.1. The SMILES string of the molecule is Cc1ccc(C(=O)N2CCCC2c2nnc(SCC(=O)Nc3cccc(Cl)c3Cl)n2C)cc1. The molecule has 0 bridgehead atoms. The summed E-state index contributed by atoms with van der Waals surface area (Å²) in [5, 5.41) is 12.7. The molecule has 1 aromatic heterocycles.